The number of aromatic nitrogens is 4. The molecule has 26 heavy (non-hydrogen) atoms. The largest absolute Gasteiger partial charge is 0.332 e. The molecule has 3 aromatic rings. The zero-order valence-electron chi connectivity index (χ0n) is 14.0. The predicted molar refractivity (Wildman–Crippen MR) is 99.9 cm³/mol. The van der Waals surface area contributed by atoms with Gasteiger partial charge in [-0.3, -0.25) is 18.7 Å². The van der Waals surface area contributed by atoms with Gasteiger partial charge in [0.2, 0.25) is 5.91 Å². The molecule has 136 valence electrons. The molecule has 0 fully saturated rings. The van der Waals surface area contributed by atoms with Crippen molar-refractivity contribution in [3.05, 3.63) is 55.4 Å². The second-order valence-corrected chi connectivity index (χ2v) is 6.58. The van der Waals surface area contributed by atoms with E-state index in [1.165, 1.54) is 25.0 Å². The highest BCUT2D eigenvalue weighted by Crippen LogP contribution is 2.25. The summed E-state index contributed by atoms with van der Waals surface area (Å²) in [5.74, 6) is -0.294. The molecule has 0 aliphatic rings. The van der Waals surface area contributed by atoms with E-state index in [1.807, 2.05) is 0 Å². The van der Waals surface area contributed by atoms with E-state index < -0.39 is 11.2 Å². The zero-order valence-corrected chi connectivity index (χ0v) is 15.5. The Labute approximate surface area is 157 Å². The number of benzene rings is 1. The Morgan fingerprint density at radius 1 is 1.19 bits per heavy atom. The highest BCUT2D eigenvalue weighted by atomic mass is 35.5. The maximum absolute atomic E-state index is 12.4. The first-order valence-corrected chi connectivity index (χ1v) is 8.41. The first kappa shape index (κ1) is 18.2. The fourth-order valence-corrected chi connectivity index (χ4v) is 2.93. The predicted octanol–water partition coefficient (Wildman–Crippen LogP) is 1.77. The first-order chi connectivity index (χ1) is 12.3. The third-order valence-electron chi connectivity index (χ3n) is 4.00. The van der Waals surface area contributed by atoms with Crippen molar-refractivity contribution in [2.24, 2.45) is 14.1 Å². The summed E-state index contributed by atoms with van der Waals surface area (Å²) in [5.41, 5.74) is 0.0394. The van der Waals surface area contributed by atoms with Crippen molar-refractivity contribution >= 4 is 46.0 Å². The highest BCUT2D eigenvalue weighted by molar-refractivity contribution is 6.35. The van der Waals surface area contributed by atoms with E-state index in [0.29, 0.717) is 15.7 Å². The number of imidazole rings is 1. The number of halogens is 2. The Hall–Kier alpha value is -2.58. The normalized spacial score (nSPS) is 11.1. The van der Waals surface area contributed by atoms with Crippen LogP contribution in [0.1, 0.15) is 6.42 Å². The zero-order chi connectivity index (χ0) is 19.0. The van der Waals surface area contributed by atoms with Gasteiger partial charge in [-0.2, -0.15) is 0 Å². The fourth-order valence-electron chi connectivity index (χ4n) is 2.59. The molecule has 2 heterocycles. The Morgan fingerprint density at radius 2 is 1.92 bits per heavy atom. The van der Waals surface area contributed by atoms with Crippen molar-refractivity contribution in [2.45, 2.75) is 13.0 Å². The topological polar surface area (TPSA) is 90.9 Å². The summed E-state index contributed by atoms with van der Waals surface area (Å²) in [5, 5.41) is 3.51. The molecule has 0 unspecified atom stereocenters. The van der Waals surface area contributed by atoms with E-state index in [-0.39, 0.29) is 30.0 Å². The lowest BCUT2D eigenvalue weighted by Crippen LogP contribution is -2.37. The number of fused-ring (bicyclic) bond motifs is 1. The summed E-state index contributed by atoms with van der Waals surface area (Å²) in [6, 6.07) is 4.77. The molecule has 10 heteroatoms. The molecule has 1 N–H and O–H groups in total. The van der Waals surface area contributed by atoms with Crippen molar-refractivity contribution in [3.8, 4) is 0 Å². The van der Waals surface area contributed by atoms with Crippen LogP contribution >= 0.6 is 23.2 Å². The van der Waals surface area contributed by atoms with Crippen LogP contribution in [-0.2, 0) is 25.4 Å². The van der Waals surface area contributed by atoms with Gasteiger partial charge in [-0.15, -0.1) is 0 Å². The Balaban J connectivity index is 1.82. The van der Waals surface area contributed by atoms with Crippen LogP contribution in [0.25, 0.3) is 11.2 Å². The summed E-state index contributed by atoms with van der Waals surface area (Å²) in [6.07, 6.45) is 1.52. The third kappa shape index (κ3) is 3.25. The molecular formula is C16H15Cl2N5O3. The smallest absolute Gasteiger partial charge is 0.325 e. The highest BCUT2D eigenvalue weighted by Gasteiger charge is 2.15. The minimum absolute atomic E-state index is 0.0836. The van der Waals surface area contributed by atoms with Crippen LogP contribution in [0.2, 0.25) is 10.0 Å². The number of aryl methyl sites for hydroxylation is 2. The quantitative estimate of drug-likeness (QED) is 0.728. The van der Waals surface area contributed by atoms with E-state index in [4.69, 9.17) is 23.2 Å². The van der Waals surface area contributed by atoms with Crippen molar-refractivity contribution in [2.75, 3.05) is 5.32 Å². The van der Waals surface area contributed by atoms with Gasteiger partial charge in [-0.25, -0.2) is 9.78 Å². The average molecular weight is 396 g/mol. The second-order valence-electron chi connectivity index (χ2n) is 5.74. The van der Waals surface area contributed by atoms with Gasteiger partial charge < -0.3 is 9.88 Å². The molecule has 0 radical (unpaired) electrons. The number of hydrogen-bond acceptors (Lipinski definition) is 4. The summed E-state index contributed by atoms with van der Waals surface area (Å²) < 4.78 is 3.85. The molecular weight excluding hydrogens is 381 g/mol. The number of rotatable bonds is 4. The van der Waals surface area contributed by atoms with Crippen molar-refractivity contribution in [3.63, 3.8) is 0 Å². The van der Waals surface area contributed by atoms with Gasteiger partial charge in [0.15, 0.2) is 11.2 Å². The van der Waals surface area contributed by atoms with Crippen molar-refractivity contribution in [1.29, 1.82) is 0 Å². The average Bonchev–Trinajstić information content (AvgIpc) is 3.03. The number of nitrogens with one attached hydrogen (secondary N) is 1. The van der Waals surface area contributed by atoms with E-state index >= 15 is 0 Å². The first-order valence-electron chi connectivity index (χ1n) is 7.65. The van der Waals surface area contributed by atoms with E-state index in [0.717, 1.165) is 4.57 Å². The van der Waals surface area contributed by atoms with Crippen LogP contribution in [0, 0.1) is 0 Å². The number of carbonyl (C=O) groups excluding carboxylic acids is 1. The maximum atomic E-state index is 12.4. The molecule has 1 amide bonds. The molecule has 0 saturated carbocycles. The molecule has 0 bridgehead atoms. The van der Waals surface area contributed by atoms with Crippen LogP contribution < -0.4 is 16.6 Å². The van der Waals surface area contributed by atoms with Crippen LogP contribution in [0.3, 0.4) is 0 Å². The van der Waals surface area contributed by atoms with Crippen molar-refractivity contribution < 1.29 is 4.79 Å². The molecule has 0 spiro atoms. The van der Waals surface area contributed by atoms with Crippen LogP contribution in [0.15, 0.2) is 34.1 Å². The van der Waals surface area contributed by atoms with Gasteiger partial charge >= 0.3 is 5.69 Å². The third-order valence-corrected chi connectivity index (χ3v) is 4.56. The van der Waals surface area contributed by atoms with Gasteiger partial charge in [0, 0.05) is 32.1 Å². The minimum atomic E-state index is -0.459. The lowest BCUT2D eigenvalue weighted by molar-refractivity contribution is -0.116. The molecule has 2 aromatic heterocycles. The minimum Gasteiger partial charge on any atom is -0.325 e. The fraction of sp³-hybridized carbons (Fsp3) is 0.250. The number of carbonyl (C=O) groups is 1. The summed E-state index contributed by atoms with van der Waals surface area (Å²) in [6.45, 7) is 0.216. The van der Waals surface area contributed by atoms with Crippen LogP contribution in [0.5, 0.6) is 0 Å². The Morgan fingerprint density at radius 3 is 2.65 bits per heavy atom. The Kier molecular flexibility index (Phi) is 4.88. The van der Waals surface area contributed by atoms with Gasteiger partial charge in [-0.1, -0.05) is 23.2 Å². The second kappa shape index (κ2) is 6.97. The van der Waals surface area contributed by atoms with Crippen LogP contribution in [-0.4, -0.2) is 24.6 Å². The lowest BCUT2D eigenvalue weighted by Gasteiger charge is -2.09. The van der Waals surface area contributed by atoms with Crippen LogP contribution in [0.4, 0.5) is 5.69 Å². The SMILES string of the molecule is Cn1c(=O)c2c(ncn2CCC(=O)Nc2cc(Cl)ccc2Cl)n(C)c1=O. The molecule has 0 atom stereocenters. The number of amides is 1. The standard InChI is InChI=1S/C16H15Cl2N5O3/c1-21-14-13(15(25)22(2)16(21)26)23(8-19-14)6-5-12(24)20-11-7-9(17)3-4-10(11)18/h3-4,7-8H,5-6H2,1-2H3,(H,20,24). The summed E-state index contributed by atoms with van der Waals surface area (Å²) >= 11 is 11.9. The molecule has 3 rings (SSSR count). The monoisotopic (exact) mass is 395 g/mol. The molecule has 8 nitrogen and oxygen atoms in total. The summed E-state index contributed by atoms with van der Waals surface area (Å²) in [7, 11) is 2.94. The summed E-state index contributed by atoms with van der Waals surface area (Å²) in [4.78, 5) is 40.6. The van der Waals surface area contributed by atoms with Gasteiger partial charge in [0.1, 0.15) is 0 Å². The lowest BCUT2D eigenvalue weighted by atomic mass is 10.3. The Bertz CT molecular complexity index is 1130. The number of hydrogen-bond donors (Lipinski definition) is 1. The van der Waals surface area contributed by atoms with E-state index in [9.17, 15) is 14.4 Å². The number of anilines is 1. The molecule has 0 aliphatic heterocycles. The van der Waals surface area contributed by atoms with E-state index in [1.54, 1.807) is 22.8 Å². The maximum Gasteiger partial charge on any atom is 0.332 e. The van der Waals surface area contributed by atoms with Gasteiger partial charge in [-0.05, 0) is 18.2 Å². The van der Waals surface area contributed by atoms with Gasteiger partial charge in [0.25, 0.3) is 5.56 Å². The van der Waals surface area contributed by atoms with Crippen molar-refractivity contribution in [1.82, 2.24) is 18.7 Å². The molecule has 0 aliphatic carbocycles. The number of nitrogens with zero attached hydrogens (tertiary/aromatic N) is 4. The van der Waals surface area contributed by atoms with Gasteiger partial charge in [0.05, 0.1) is 17.0 Å². The van der Waals surface area contributed by atoms with E-state index in [2.05, 4.69) is 10.3 Å². The molecule has 0 saturated heterocycles. The molecule has 1 aromatic carbocycles.